The van der Waals surface area contributed by atoms with Gasteiger partial charge in [-0.05, 0) is 18.4 Å². The Bertz CT molecular complexity index is 289. The van der Waals surface area contributed by atoms with Crippen LogP contribution in [-0.4, -0.2) is 16.0 Å². The van der Waals surface area contributed by atoms with Gasteiger partial charge in [0.2, 0.25) is 0 Å². The Hall–Kier alpha value is -1.12. The normalized spacial score (nSPS) is 10.8. The monoisotopic (exact) mass is 180 g/mol. The van der Waals surface area contributed by atoms with Crippen molar-refractivity contribution in [3.8, 4) is 0 Å². The van der Waals surface area contributed by atoms with Gasteiger partial charge in [0, 0.05) is 6.42 Å². The molecule has 0 radical (unpaired) electrons. The van der Waals surface area contributed by atoms with E-state index in [2.05, 4.69) is 24.0 Å². The zero-order valence-corrected chi connectivity index (χ0v) is 8.42. The molecule has 0 bridgehead atoms. The smallest absolute Gasteiger partial charge is 0.180 e. The van der Waals surface area contributed by atoms with Gasteiger partial charge >= 0.3 is 0 Å². The molecule has 0 atom stereocenters. The maximum Gasteiger partial charge on any atom is 0.180 e. The fraction of sp³-hybridized carbons (Fsp3) is 0.600. The van der Waals surface area contributed by atoms with Crippen molar-refractivity contribution in [2.24, 2.45) is 5.92 Å². The molecule has 0 saturated carbocycles. The number of carbonyl (C=O) groups excluding carboxylic acids is 1. The van der Waals surface area contributed by atoms with Gasteiger partial charge in [-0.15, -0.1) is 0 Å². The van der Waals surface area contributed by atoms with Crippen LogP contribution in [0.5, 0.6) is 0 Å². The number of nitrogens with zero attached hydrogens (tertiary/aromatic N) is 1. The largest absolute Gasteiger partial charge is 0.292 e. The molecular weight excluding hydrogens is 164 g/mol. The molecule has 0 aliphatic carbocycles. The van der Waals surface area contributed by atoms with Crippen LogP contribution in [0.1, 0.15) is 43.4 Å². The van der Waals surface area contributed by atoms with Crippen LogP contribution in [0.25, 0.3) is 0 Å². The number of H-pyrrole nitrogens is 1. The summed E-state index contributed by atoms with van der Waals surface area (Å²) in [5, 5.41) is 6.84. The van der Waals surface area contributed by atoms with Crippen molar-refractivity contribution in [3.05, 3.63) is 17.5 Å². The summed E-state index contributed by atoms with van der Waals surface area (Å²) < 4.78 is 0. The van der Waals surface area contributed by atoms with Gasteiger partial charge in [-0.2, -0.15) is 5.10 Å². The third kappa shape index (κ3) is 2.68. The van der Waals surface area contributed by atoms with E-state index in [4.69, 9.17) is 0 Å². The molecule has 3 heteroatoms. The quantitative estimate of drug-likeness (QED) is 0.722. The molecule has 0 unspecified atom stereocenters. The predicted molar refractivity (Wildman–Crippen MR) is 51.8 cm³/mol. The summed E-state index contributed by atoms with van der Waals surface area (Å²) in [7, 11) is 0. The highest BCUT2D eigenvalue weighted by molar-refractivity contribution is 5.93. The summed E-state index contributed by atoms with van der Waals surface area (Å²) in [5.41, 5.74) is 1.62. The van der Waals surface area contributed by atoms with Crippen LogP contribution in [0.4, 0.5) is 0 Å². The molecule has 0 aliphatic heterocycles. The topological polar surface area (TPSA) is 45.8 Å². The Labute approximate surface area is 78.5 Å². The molecule has 0 aromatic carbocycles. The lowest BCUT2D eigenvalue weighted by atomic mass is 10.1. The fourth-order valence-corrected chi connectivity index (χ4v) is 1.22. The maximum absolute atomic E-state index is 11.2. The summed E-state index contributed by atoms with van der Waals surface area (Å²) in [6.45, 7) is 6.12. The SMILES string of the molecule is CCC(=O)c1cc(CC(C)C)n[nH]1. The Morgan fingerprint density at radius 2 is 2.31 bits per heavy atom. The van der Waals surface area contributed by atoms with Crippen LogP contribution in [0.2, 0.25) is 0 Å². The van der Waals surface area contributed by atoms with E-state index in [0.29, 0.717) is 18.0 Å². The first-order valence-electron chi connectivity index (χ1n) is 4.71. The Balaban J connectivity index is 2.69. The van der Waals surface area contributed by atoms with E-state index in [1.807, 2.05) is 13.0 Å². The molecule has 1 heterocycles. The van der Waals surface area contributed by atoms with Crippen molar-refractivity contribution in [1.82, 2.24) is 10.2 Å². The van der Waals surface area contributed by atoms with E-state index in [9.17, 15) is 4.79 Å². The molecule has 0 amide bonds. The molecule has 13 heavy (non-hydrogen) atoms. The summed E-state index contributed by atoms with van der Waals surface area (Å²) >= 11 is 0. The molecule has 0 saturated heterocycles. The van der Waals surface area contributed by atoms with Crippen molar-refractivity contribution in [3.63, 3.8) is 0 Å². The van der Waals surface area contributed by atoms with E-state index in [1.54, 1.807) is 0 Å². The third-order valence-electron chi connectivity index (χ3n) is 1.87. The second-order valence-corrected chi connectivity index (χ2v) is 3.65. The van der Waals surface area contributed by atoms with E-state index in [0.717, 1.165) is 12.1 Å². The first kappa shape index (κ1) is 9.96. The lowest BCUT2D eigenvalue weighted by molar-refractivity contribution is 0.0983. The van der Waals surface area contributed by atoms with Crippen LogP contribution >= 0.6 is 0 Å². The summed E-state index contributed by atoms with van der Waals surface area (Å²) in [6, 6.07) is 1.85. The first-order valence-corrected chi connectivity index (χ1v) is 4.71. The number of nitrogens with one attached hydrogen (secondary N) is 1. The lowest BCUT2D eigenvalue weighted by Gasteiger charge is -1.97. The zero-order valence-electron chi connectivity index (χ0n) is 8.42. The minimum Gasteiger partial charge on any atom is -0.292 e. The Morgan fingerprint density at radius 3 is 2.85 bits per heavy atom. The van der Waals surface area contributed by atoms with Crippen LogP contribution in [-0.2, 0) is 6.42 Å². The van der Waals surface area contributed by atoms with Gasteiger partial charge in [0.15, 0.2) is 5.78 Å². The van der Waals surface area contributed by atoms with Crippen molar-refractivity contribution in [2.45, 2.75) is 33.6 Å². The second-order valence-electron chi connectivity index (χ2n) is 3.65. The average molecular weight is 180 g/mol. The van der Waals surface area contributed by atoms with E-state index in [-0.39, 0.29) is 5.78 Å². The second kappa shape index (κ2) is 4.21. The molecule has 3 nitrogen and oxygen atoms in total. The van der Waals surface area contributed by atoms with Crippen molar-refractivity contribution in [2.75, 3.05) is 0 Å². The minimum atomic E-state index is 0.127. The van der Waals surface area contributed by atoms with E-state index in [1.165, 1.54) is 0 Å². The van der Waals surface area contributed by atoms with Crippen LogP contribution < -0.4 is 0 Å². The molecule has 72 valence electrons. The molecule has 0 aliphatic rings. The molecule has 0 spiro atoms. The van der Waals surface area contributed by atoms with Crippen LogP contribution in [0, 0.1) is 5.92 Å². The van der Waals surface area contributed by atoms with Gasteiger partial charge in [0.25, 0.3) is 0 Å². The van der Waals surface area contributed by atoms with Crippen molar-refractivity contribution in [1.29, 1.82) is 0 Å². The Kier molecular flexibility index (Phi) is 3.23. The third-order valence-corrected chi connectivity index (χ3v) is 1.87. The summed E-state index contributed by atoms with van der Waals surface area (Å²) in [5.74, 6) is 0.704. The van der Waals surface area contributed by atoms with Gasteiger partial charge in [-0.25, -0.2) is 0 Å². The Morgan fingerprint density at radius 1 is 1.62 bits per heavy atom. The number of aromatic nitrogens is 2. The molecular formula is C10H16N2O. The molecule has 0 fully saturated rings. The first-order chi connectivity index (χ1) is 6.13. The number of ketones is 1. The number of aromatic amines is 1. The standard InChI is InChI=1S/C10H16N2O/c1-4-10(13)9-6-8(11-12-9)5-7(2)3/h6-7H,4-5H2,1-3H3,(H,11,12). The highest BCUT2D eigenvalue weighted by Gasteiger charge is 2.08. The lowest BCUT2D eigenvalue weighted by Crippen LogP contribution is -1.96. The fourth-order valence-electron chi connectivity index (χ4n) is 1.22. The number of carbonyl (C=O) groups is 1. The molecule has 1 N–H and O–H groups in total. The zero-order chi connectivity index (χ0) is 9.84. The van der Waals surface area contributed by atoms with Crippen molar-refractivity contribution < 1.29 is 4.79 Å². The molecule has 1 aromatic rings. The number of hydrogen-bond donors (Lipinski definition) is 1. The number of rotatable bonds is 4. The predicted octanol–water partition coefficient (Wildman–Crippen LogP) is 2.20. The minimum absolute atomic E-state index is 0.127. The van der Waals surface area contributed by atoms with Gasteiger partial charge in [0.05, 0.1) is 5.69 Å². The maximum atomic E-state index is 11.2. The number of hydrogen-bond acceptors (Lipinski definition) is 2. The molecule has 1 aromatic heterocycles. The number of Topliss-reactive ketones (excluding diaryl/α,β-unsaturated/α-hetero) is 1. The highest BCUT2D eigenvalue weighted by atomic mass is 16.1. The van der Waals surface area contributed by atoms with E-state index < -0.39 is 0 Å². The average Bonchev–Trinajstić information content (AvgIpc) is 2.50. The van der Waals surface area contributed by atoms with Crippen LogP contribution in [0.15, 0.2) is 6.07 Å². The van der Waals surface area contributed by atoms with Gasteiger partial charge in [0.1, 0.15) is 5.69 Å². The van der Waals surface area contributed by atoms with Crippen molar-refractivity contribution >= 4 is 5.78 Å². The van der Waals surface area contributed by atoms with Gasteiger partial charge in [-0.3, -0.25) is 9.89 Å². The highest BCUT2D eigenvalue weighted by Crippen LogP contribution is 2.07. The van der Waals surface area contributed by atoms with Crippen LogP contribution in [0.3, 0.4) is 0 Å². The van der Waals surface area contributed by atoms with E-state index >= 15 is 0 Å². The summed E-state index contributed by atoms with van der Waals surface area (Å²) in [4.78, 5) is 11.2. The summed E-state index contributed by atoms with van der Waals surface area (Å²) in [6.07, 6.45) is 1.46. The van der Waals surface area contributed by atoms with Gasteiger partial charge < -0.3 is 0 Å². The van der Waals surface area contributed by atoms with Gasteiger partial charge in [-0.1, -0.05) is 20.8 Å². The molecule has 1 rings (SSSR count).